The van der Waals surface area contributed by atoms with E-state index >= 15 is 0 Å². The van der Waals surface area contributed by atoms with Crippen molar-refractivity contribution in [1.29, 1.82) is 5.26 Å². The number of nitrogens with zero attached hydrogens (tertiary/aromatic N) is 5. The number of carbonyl (C=O) groups excluding carboxylic acids is 3. The van der Waals surface area contributed by atoms with Crippen molar-refractivity contribution in [3.8, 4) is 17.5 Å². The number of thiazole rings is 1. The molecule has 0 saturated heterocycles. The highest BCUT2D eigenvalue weighted by molar-refractivity contribution is 7.17. The van der Waals surface area contributed by atoms with Crippen LogP contribution in [0.25, 0.3) is 11.4 Å². The number of aryl methyl sites for hydroxylation is 2. The molecule has 1 atom stereocenters. The van der Waals surface area contributed by atoms with Crippen molar-refractivity contribution >= 4 is 40.4 Å². The third-order valence-electron chi connectivity index (χ3n) is 4.60. The summed E-state index contributed by atoms with van der Waals surface area (Å²) in [7, 11) is 1.26. The van der Waals surface area contributed by atoms with Gasteiger partial charge in [-0.25, -0.2) is 9.78 Å². The first-order chi connectivity index (χ1) is 15.9. The number of rotatable bonds is 9. The first kappa shape index (κ1) is 23.6. The molecule has 0 bridgehead atoms. The number of ether oxygens (including phenoxy) is 1. The van der Waals surface area contributed by atoms with E-state index in [-0.39, 0.29) is 22.9 Å². The van der Waals surface area contributed by atoms with E-state index in [1.807, 2.05) is 6.07 Å². The Morgan fingerprint density at radius 3 is 2.79 bits per heavy atom. The largest absolute Gasteiger partial charge is 0.465 e. The minimum Gasteiger partial charge on any atom is -0.465 e. The predicted octanol–water partition coefficient (Wildman–Crippen LogP) is 2.87. The van der Waals surface area contributed by atoms with Crippen molar-refractivity contribution in [3.05, 3.63) is 40.7 Å². The summed E-state index contributed by atoms with van der Waals surface area (Å²) in [6, 6.07) is 8.10. The molecule has 2 amide bonds. The molecule has 11 nitrogen and oxygen atoms in total. The summed E-state index contributed by atoms with van der Waals surface area (Å²) < 4.78 is 9.69. The van der Waals surface area contributed by atoms with Crippen molar-refractivity contribution in [3.63, 3.8) is 0 Å². The number of nitriles is 1. The summed E-state index contributed by atoms with van der Waals surface area (Å²) in [5, 5.41) is 16.0. The van der Waals surface area contributed by atoms with Crippen LogP contribution < -0.4 is 10.2 Å². The summed E-state index contributed by atoms with van der Waals surface area (Å²) >= 11 is 0.985. The summed E-state index contributed by atoms with van der Waals surface area (Å²) in [6.45, 7) is 3.29. The van der Waals surface area contributed by atoms with E-state index in [0.717, 1.165) is 11.3 Å². The molecule has 2 aromatic heterocycles. The minimum atomic E-state index is -0.740. The smallest absolute Gasteiger partial charge is 0.350 e. The zero-order valence-corrected chi connectivity index (χ0v) is 18.9. The fourth-order valence-electron chi connectivity index (χ4n) is 3.07. The van der Waals surface area contributed by atoms with E-state index in [1.165, 1.54) is 12.0 Å². The van der Waals surface area contributed by atoms with E-state index in [9.17, 15) is 19.6 Å². The van der Waals surface area contributed by atoms with Gasteiger partial charge in [-0.05, 0) is 19.1 Å². The van der Waals surface area contributed by atoms with Gasteiger partial charge in [0.05, 0.1) is 31.3 Å². The average molecular weight is 468 g/mol. The van der Waals surface area contributed by atoms with Crippen LogP contribution in [0.1, 0.15) is 34.1 Å². The van der Waals surface area contributed by atoms with Crippen LogP contribution in [0, 0.1) is 25.2 Å². The minimum absolute atomic E-state index is 0.0813. The highest BCUT2D eigenvalue weighted by Crippen LogP contribution is 2.26. The van der Waals surface area contributed by atoms with E-state index in [0.29, 0.717) is 35.1 Å². The number of aromatic nitrogens is 3. The molecule has 1 aromatic carbocycles. The topological polar surface area (TPSA) is 151 Å². The third kappa shape index (κ3) is 5.58. The first-order valence-electron chi connectivity index (χ1n) is 9.73. The summed E-state index contributed by atoms with van der Waals surface area (Å²) in [5.74, 6) is -0.251. The van der Waals surface area contributed by atoms with Crippen LogP contribution in [-0.2, 0) is 14.3 Å². The lowest BCUT2D eigenvalue weighted by Gasteiger charge is -2.26. The van der Waals surface area contributed by atoms with Gasteiger partial charge in [-0.1, -0.05) is 28.6 Å². The molecular formula is C21H20N6O5S. The maximum absolute atomic E-state index is 12.7. The normalized spacial score (nSPS) is 11.3. The number of nitrogens with one attached hydrogen (secondary N) is 1. The molecule has 170 valence electrons. The number of benzene rings is 1. The van der Waals surface area contributed by atoms with Gasteiger partial charge in [0.1, 0.15) is 4.88 Å². The summed E-state index contributed by atoms with van der Waals surface area (Å²) in [6.07, 6.45) is 0.324. The van der Waals surface area contributed by atoms with Crippen LogP contribution >= 0.6 is 11.3 Å². The van der Waals surface area contributed by atoms with Crippen LogP contribution in [0.3, 0.4) is 0 Å². The van der Waals surface area contributed by atoms with Crippen LogP contribution in [0.15, 0.2) is 28.8 Å². The molecule has 0 spiro atoms. The van der Waals surface area contributed by atoms with Crippen molar-refractivity contribution in [2.75, 3.05) is 17.3 Å². The summed E-state index contributed by atoms with van der Waals surface area (Å²) in [4.78, 5) is 46.3. The van der Waals surface area contributed by atoms with Crippen molar-refractivity contribution < 1.29 is 23.6 Å². The fraction of sp³-hybridized carbons (Fsp3) is 0.286. The van der Waals surface area contributed by atoms with E-state index < -0.39 is 17.9 Å². The quantitative estimate of drug-likeness (QED) is 0.369. The Labute approximate surface area is 193 Å². The molecular weight excluding hydrogens is 448 g/mol. The van der Waals surface area contributed by atoms with Gasteiger partial charge < -0.3 is 19.5 Å². The zero-order chi connectivity index (χ0) is 24.0. The standard InChI is InChI=1S/C21H20N6O5S/c1-12-18(20(30)31-3)33-21(23-12)25-17(29)10-16(7-8-22)27(11-28)15-6-4-5-14(9-15)19-24-13(2)32-26-19/h4-6,9,11,16H,7,10H2,1-3H3,(H,23,25,29)/t16-/m1/s1. The molecule has 0 fully saturated rings. The second kappa shape index (κ2) is 10.5. The molecule has 12 heteroatoms. The molecule has 0 aliphatic rings. The highest BCUT2D eigenvalue weighted by Gasteiger charge is 2.24. The molecule has 3 rings (SSSR count). The Kier molecular flexibility index (Phi) is 7.47. The molecule has 1 N–H and O–H groups in total. The molecule has 0 saturated carbocycles. The van der Waals surface area contributed by atoms with Gasteiger partial charge >= 0.3 is 5.97 Å². The Bertz CT molecular complexity index is 1210. The SMILES string of the molecule is COC(=O)c1sc(NC(=O)C[C@@H](CC#N)N(C=O)c2cccc(-c3noc(C)n3)c2)nc1C. The van der Waals surface area contributed by atoms with Gasteiger partial charge in [0.25, 0.3) is 0 Å². The van der Waals surface area contributed by atoms with E-state index in [1.54, 1.807) is 38.1 Å². The van der Waals surface area contributed by atoms with E-state index in [2.05, 4.69) is 20.4 Å². The number of carbonyl (C=O) groups is 3. The van der Waals surface area contributed by atoms with Gasteiger partial charge in [-0.3, -0.25) is 9.59 Å². The van der Waals surface area contributed by atoms with Crippen LogP contribution in [-0.4, -0.2) is 46.6 Å². The van der Waals surface area contributed by atoms with Crippen molar-refractivity contribution in [2.45, 2.75) is 32.7 Å². The van der Waals surface area contributed by atoms with Crippen LogP contribution in [0.2, 0.25) is 0 Å². The second-order valence-electron chi connectivity index (χ2n) is 6.89. The molecule has 0 aliphatic carbocycles. The Balaban J connectivity index is 1.78. The Morgan fingerprint density at radius 1 is 1.36 bits per heavy atom. The fourth-order valence-corrected chi connectivity index (χ4v) is 3.97. The summed E-state index contributed by atoms with van der Waals surface area (Å²) in [5.41, 5.74) is 1.51. The predicted molar refractivity (Wildman–Crippen MR) is 118 cm³/mol. The van der Waals surface area contributed by atoms with E-state index in [4.69, 9.17) is 9.26 Å². The monoisotopic (exact) mass is 468 g/mol. The number of hydrogen-bond acceptors (Lipinski definition) is 10. The van der Waals surface area contributed by atoms with Gasteiger partial charge in [-0.15, -0.1) is 0 Å². The van der Waals surface area contributed by atoms with Gasteiger partial charge in [0, 0.05) is 24.6 Å². The van der Waals surface area contributed by atoms with Gasteiger partial charge in [-0.2, -0.15) is 10.2 Å². The Hall–Kier alpha value is -4.11. The lowest BCUT2D eigenvalue weighted by molar-refractivity contribution is -0.116. The maximum atomic E-state index is 12.7. The lowest BCUT2D eigenvalue weighted by atomic mass is 10.1. The molecule has 3 aromatic rings. The molecule has 2 heterocycles. The number of amides is 2. The Morgan fingerprint density at radius 2 is 2.15 bits per heavy atom. The van der Waals surface area contributed by atoms with Crippen LogP contribution in [0.4, 0.5) is 10.8 Å². The second-order valence-corrected chi connectivity index (χ2v) is 7.89. The first-order valence-corrected chi connectivity index (χ1v) is 10.5. The van der Waals surface area contributed by atoms with Crippen molar-refractivity contribution in [1.82, 2.24) is 15.1 Å². The van der Waals surface area contributed by atoms with Gasteiger partial charge in [0.15, 0.2) is 5.13 Å². The maximum Gasteiger partial charge on any atom is 0.350 e. The van der Waals surface area contributed by atoms with Gasteiger partial charge in [0.2, 0.25) is 24.0 Å². The molecule has 33 heavy (non-hydrogen) atoms. The lowest BCUT2D eigenvalue weighted by Crippen LogP contribution is -2.37. The molecule has 0 unspecified atom stereocenters. The van der Waals surface area contributed by atoms with Crippen LogP contribution in [0.5, 0.6) is 0 Å². The number of methoxy groups -OCH3 is 1. The third-order valence-corrected chi connectivity index (χ3v) is 5.65. The molecule has 0 radical (unpaired) electrons. The number of hydrogen-bond donors (Lipinski definition) is 1. The van der Waals surface area contributed by atoms with Crippen molar-refractivity contribution in [2.24, 2.45) is 0 Å². The molecule has 0 aliphatic heterocycles. The number of esters is 1. The highest BCUT2D eigenvalue weighted by atomic mass is 32.1. The average Bonchev–Trinajstić information content (AvgIpc) is 3.39. The number of anilines is 2. The zero-order valence-electron chi connectivity index (χ0n) is 18.1.